The molecule has 3 aromatic rings. The van der Waals surface area contributed by atoms with Crippen molar-refractivity contribution in [1.82, 2.24) is 14.8 Å². The molecule has 32 heavy (non-hydrogen) atoms. The number of hydrogen-bond acceptors (Lipinski definition) is 4. The maximum Gasteiger partial charge on any atom is 0.259 e. The SMILES string of the molecule is CC(C)(C)c1ccc(Oc2ncccc2C(=O)N2CCN(Cc3ccccc3)CC2)cc1. The van der Waals surface area contributed by atoms with E-state index in [-0.39, 0.29) is 11.3 Å². The molecule has 0 N–H and O–H groups in total. The Morgan fingerprint density at radius 3 is 2.25 bits per heavy atom. The molecular weight excluding hydrogens is 398 g/mol. The van der Waals surface area contributed by atoms with Crippen molar-refractivity contribution in [3.05, 3.63) is 89.6 Å². The summed E-state index contributed by atoms with van der Waals surface area (Å²) in [4.78, 5) is 21.9. The largest absolute Gasteiger partial charge is 0.438 e. The minimum atomic E-state index is -0.0289. The van der Waals surface area contributed by atoms with E-state index in [1.54, 1.807) is 18.3 Å². The maximum atomic E-state index is 13.2. The highest BCUT2D eigenvalue weighted by molar-refractivity contribution is 5.96. The van der Waals surface area contributed by atoms with Crippen molar-refractivity contribution in [3.63, 3.8) is 0 Å². The van der Waals surface area contributed by atoms with Gasteiger partial charge in [0.2, 0.25) is 5.88 Å². The molecule has 0 radical (unpaired) electrons. The Kier molecular flexibility index (Phi) is 6.56. The number of carbonyl (C=O) groups excluding carboxylic acids is 1. The van der Waals surface area contributed by atoms with Gasteiger partial charge in [-0.2, -0.15) is 0 Å². The minimum absolute atomic E-state index is 0.0289. The highest BCUT2D eigenvalue weighted by atomic mass is 16.5. The summed E-state index contributed by atoms with van der Waals surface area (Å²) in [6.45, 7) is 10.5. The standard InChI is InChI=1S/C27H31N3O2/c1-27(2,3)22-11-13-23(14-12-22)32-25-24(10-7-15-28-25)26(31)30-18-16-29(17-19-30)20-21-8-5-4-6-9-21/h4-15H,16-20H2,1-3H3. The predicted octanol–water partition coefficient (Wildman–Crippen LogP) is 5.13. The first-order valence-corrected chi connectivity index (χ1v) is 11.2. The fourth-order valence-electron chi connectivity index (χ4n) is 3.89. The van der Waals surface area contributed by atoms with E-state index >= 15 is 0 Å². The number of piperazine rings is 1. The third-order valence-corrected chi connectivity index (χ3v) is 5.84. The molecule has 0 aliphatic carbocycles. The molecule has 2 aromatic carbocycles. The van der Waals surface area contributed by atoms with Crippen molar-refractivity contribution >= 4 is 5.91 Å². The van der Waals surface area contributed by atoms with Crippen LogP contribution in [0.25, 0.3) is 0 Å². The van der Waals surface area contributed by atoms with Gasteiger partial charge in [-0.15, -0.1) is 0 Å². The molecule has 166 valence electrons. The number of aromatic nitrogens is 1. The molecule has 5 heteroatoms. The topological polar surface area (TPSA) is 45.7 Å². The minimum Gasteiger partial charge on any atom is -0.438 e. The van der Waals surface area contributed by atoms with Crippen LogP contribution in [-0.4, -0.2) is 46.9 Å². The van der Waals surface area contributed by atoms with Crippen molar-refractivity contribution in [2.75, 3.05) is 26.2 Å². The van der Waals surface area contributed by atoms with Gasteiger partial charge in [0.1, 0.15) is 11.3 Å². The van der Waals surface area contributed by atoms with Crippen LogP contribution in [0.4, 0.5) is 0 Å². The van der Waals surface area contributed by atoms with Crippen molar-refractivity contribution in [2.24, 2.45) is 0 Å². The molecule has 0 unspecified atom stereocenters. The van der Waals surface area contributed by atoms with Crippen molar-refractivity contribution in [1.29, 1.82) is 0 Å². The fourth-order valence-corrected chi connectivity index (χ4v) is 3.89. The lowest BCUT2D eigenvalue weighted by molar-refractivity contribution is 0.0625. The molecule has 0 atom stereocenters. The van der Waals surface area contributed by atoms with Crippen LogP contribution >= 0.6 is 0 Å². The summed E-state index contributed by atoms with van der Waals surface area (Å²) in [6.07, 6.45) is 1.66. The van der Waals surface area contributed by atoms with Crippen LogP contribution in [0.3, 0.4) is 0 Å². The summed E-state index contributed by atoms with van der Waals surface area (Å²) < 4.78 is 6.02. The van der Waals surface area contributed by atoms with Crippen LogP contribution in [-0.2, 0) is 12.0 Å². The molecule has 0 saturated carbocycles. The number of amides is 1. The molecular formula is C27H31N3O2. The molecule has 1 aliphatic rings. The summed E-state index contributed by atoms with van der Waals surface area (Å²) >= 11 is 0. The molecule has 1 fully saturated rings. The van der Waals surface area contributed by atoms with Crippen LogP contribution in [0.2, 0.25) is 0 Å². The average Bonchev–Trinajstić information content (AvgIpc) is 2.80. The van der Waals surface area contributed by atoms with Gasteiger partial charge in [0, 0.05) is 38.9 Å². The number of nitrogens with zero attached hydrogens (tertiary/aromatic N) is 3. The van der Waals surface area contributed by atoms with Crippen molar-refractivity contribution < 1.29 is 9.53 Å². The fraction of sp³-hybridized carbons (Fsp3) is 0.333. The first kappa shape index (κ1) is 22.0. The Morgan fingerprint density at radius 1 is 0.906 bits per heavy atom. The van der Waals surface area contributed by atoms with Gasteiger partial charge >= 0.3 is 0 Å². The molecule has 4 rings (SSSR count). The second kappa shape index (κ2) is 9.53. The van der Waals surface area contributed by atoms with E-state index in [2.05, 4.69) is 67.1 Å². The van der Waals surface area contributed by atoms with E-state index in [1.807, 2.05) is 23.1 Å². The van der Waals surface area contributed by atoms with Gasteiger partial charge < -0.3 is 9.64 Å². The Bertz CT molecular complexity index is 1030. The molecule has 1 amide bonds. The average molecular weight is 430 g/mol. The van der Waals surface area contributed by atoms with Crippen molar-refractivity contribution in [2.45, 2.75) is 32.7 Å². The molecule has 0 bridgehead atoms. The molecule has 1 aromatic heterocycles. The van der Waals surface area contributed by atoms with Crippen LogP contribution in [0.1, 0.15) is 42.3 Å². The second-order valence-corrected chi connectivity index (χ2v) is 9.29. The monoisotopic (exact) mass is 429 g/mol. The maximum absolute atomic E-state index is 13.2. The van der Waals surface area contributed by atoms with Gasteiger partial charge in [-0.3, -0.25) is 9.69 Å². The molecule has 0 spiro atoms. The molecule has 2 heterocycles. The number of rotatable bonds is 5. The summed E-state index contributed by atoms with van der Waals surface area (Å²) in [5, 5.41) is 0. The highest BCUT2D eigenvalue weighted by Crippen LogP contribution is 2.28. The van der Waals surface area contributed by atoms with Gasteiger partial charge in [0.25, 0.3) is 5.91 Å². The predicted molar refractivity (Wildman–Crippen MR) is 127 cm³/mol. The van der Waals surface area contributed by atoms with Crippen molar-refractivity contribution in [3.8, 4) is 11.6 Å². The van der Waals surface area contributed by atoms with Crippen LogP contribution < -0.4 is 4.74 Å². The van der Waals surface area contributed by atoms with Gasteiger partial charge in [-0.1, -0.05) is 63.2 Å². The van der Waals surface area contributed by atoms with Gasteiger partial charge in [0.05, 0.1) is 0 Å². The van der Waals surface area contributed by atoms with E-state index in [0.29, 0.717) is 30.3 Å². The molecule has 1 saturated heterocycles. The molecule has 5 nitrogen and oxygen atoms in total. The number of hydrogen-bond donors (Lipinski definition) is 0. The lowest BCUT2D eigenvalue weighted by Crippen LogP contribution is -2.48. The normalized spacial score (nSPS) is 14.9. The Morgan fingerprint density at radius 2 is 1.59 bits per heavy atom. The summed E-state index contributed by atoms with van der Waals surface area (Å²) in [5.74, 6) is 1.00. The first-order valence-electron chi connectivity index (χ1n) is 11.2. The van der Waals surface area contributed by atoms with Gasteiger partial charge in [-0.25, -0.2) is 4.98 Å². The molecule has 1 aliphatic heterocycles. The Balaban J connectivity index is 1.41. The third-order valence-electron chi connectivity index (χ3n) is 5.84. The lowest BCUT2D eigenvalue weighted by atomic mass is 9.87. The van der Waals surface area contributed by atoms with E-state index in [9.17, 15) is 4.79 Å². The number of pyridine rings is 1. The number of ether oxygens (including phenoxy) is 1. The summed E-state index contributed by atoms with van der Waals surface area (Å²) in [5.41, 5.74) is 3.11. The van der Waals surface area contributed by atoms with Crippen LogP contribution in [0, 0.1) is 0 Å². The van der Waals surface area contributed by atoms with E-state index in [0.717, 1.165) is 19.6 Å². The number of carbonyl (C=O) groups is 1. The zero-order chi connectivity index (χ0) is 22.6. The van der Waals surface area contributed by atoms with Gasteiger partial charge in [-0.05, 0) is 40.8 Å². The summed E-state index contributed by atoms with van der Waals surface area (Å²) in [7, 11) is 0. The zero-order valence-electron chi connectivity index (χ0n) is 19.1. The highest BCUT2D eigenvalue weighted by Gasteiger charge is 2.25. The Labute approximate surface area is 190 Å². The zero-order valence-corrected chi connectivity index (χ0v) is 19.1. The smallest absolute Gasteiger partial charge is 0.259 e. The first-order chi connectivity index (χ1) is 15.4. The second-order valence-electron chi connectivity index (χ2n) is 9.29. The third kappa shape index (κ3) is 5.35. The Hall–Kier alpha value is -3.18. The van der Waals surface area contributed by atoms with E-state index < -0.39 is 0 Å². The lowest BCUT2D eigenvalue weighted by Gasteiger charge is -2.34. The van der Waals surface area contributed by atoms with Crippen LogP contribution in [0.5, 0.6) is 11.6 Å². The van der Waals surface area contributed by atoms with E-state index in [1.165, 1.54) is 11.1 Å². The number of benzene rings is 2. The summed E-state index contributed by atoms with van der Waals surface area (Å²) in [6, 6.07) is 22.0. The van der Waals surface area contributed by atoms with E-state index in [4.69, 9.17) is 4.74 Å². The quantitative estimate of drug-likeness (QED) is 0.564. The van der Waals surface area contributed by atoms with Gasteiger partial charge in [0.15, 0.2) is 0 Å². The van der Waals surface area contributed by atoms with Crippen LogP contribution in [0.15, 0.2) is 72.9 Å².